The van der Waals surface area contributed by atoms with Crippen LogP contribution in [0.1, 0.15) is 0 Å². The summed E-state index contributed by atoms with van der Waals surface area (Å²) < 4.78 is 20.0. The summed E-state index contributed by atoms with van der Waals surface area (Å²) in [6, 6.07) is 74.7. The van der Waals surface area contributed by atoms with Crippen LogP contribution in [0.4, 0.5) is 0 Å². The first-order valence-corrected chi connectivity index (χ1v) is 28.2. The lowest BCUT2D eigenvalue weighted by Gasteiger charge is -2.15. The average molecular weight is 1110 g/mol. The molecule has 0 amide bonds. The molecule has 0 bridgehead atoms. The Hall–Kier alpha value is -12.1. The van der Waals surface area contributed by atoms with Crippen LogP contribution >= 0.6 is 0 Å². The highest BCUT2D eigenvalue weighted by molar-refractivity contribution is 6.21. The van der Waals surface area contributed by atoms with Crippen LogP contribution < -0.4 is 11.1 Å². The second-order valence-electron chi connectivity index (χ2n) is 21.5. The van der Waals surface area contributed by atoms with Crippen LogP contribution in [0.15, 0.2) is 268 Å². The molecule has 86 heavy (non-hydrogen) atoms. The highest BCUT2D eigenvalue weighted by Gasteiger charge is 2.23. The second-order valence-corrected chi connectivity index (χ2v) is 21.5. The topological polar surface area (TPSA) is 145 Å². The van der Waals surface area contributed by atoms with Crippen molar-refractivity contribution in [1.29, 1.82) is 0 Å². The second kappa shape index (κ2) is 18.2. The molecule has 19 rings (SSSR count). The number of hydrogen-bond acceptors (Lipinski definition) is 9. The first kappa shape index (κ1) is 47.5. The Balaban J connectivity index is 0.000000130. The molecule has 0 aliphatic rings. The molecule has 402 valence electrons. The number of furan rings is 2. The fourth-order valence-electron chi connectivity index (χ4n) is 13.1. The summed E-state index contributed by atoms with van der Waals surface area (Å²) in [7, 11) is 0. The van der Waals surface area contributed by atoms with Crippen LogP contribution in [-0.2, 0) is 0 Å². The van der Waals surface area contributed by atoms with E-state index in [1.165, 1.54) is 0 Å². The summed E-state index contributed by atoms with van der Waals surface area (Å²) in [6.07, 6.45) is 6.83. The highest BCUT2D eigenvalue weighted by atomic mass is 16.3. The first-order chi connectivity index (χ1) is 42.5. The minimum atomic E-state index is -0.190. The first-order valence-electron chi connectivity index (χ1n) is 28.2. The molecule has 0 spiro atoms. The average Bonchev–Trinajstić information content (AvgIpc) is 1.45. The van der Waals surface area contributed by atoms with E-state index in [0.717, 1.165) is 120 Å². The summed E-state index contributed by atoms with van der Waals surface area (Å²) in [5.41, 5.74) is 10.9. The Morgan fingerprint density at radius 1 is 0.291 bits per heavy atom. The van der Waals surface area contributed by atoms with Gasteiger partial charge in [0.25, 0.3) is 11.1 Å². The van der Waals surface area contributed by atoms with E-state index in [1.807, 2.05) is 144 Å². The third-order valence-corrected chi connectivity index (χ3v) is 16.9. The third kappa shape index (κ3) is 6.90. The van der Waals surface area contributed by atoms with Gasteiger partial charge in [0.1, 0.15) is 33.4 Å². The van der Waals surface area contributed by atoms with Gasteiger partial charge in [-0.2, -0.15) is 0 Å². The fraction of sp³-hybridized carbons (Fsp3) is 0. The quantitative estimate of drug-likeness (QED) is 0.157. The zero-order valence-corrected chi connectivity index (χ0v) is 45.3. The van der Waals surface area contributed by atoms with E-state index in [0.29, 0.717) is 44.9 Å². The number of fused-ring (bicyclic) bond motifs is 20. The van der Waals surface area contributed by atoms with Gasteiger partial charge in [-0.25, -0.2) is 19.9 Å². The van der Waals surface area contributed by atoms with Gasteiger partial charge < -0.3 is 8.83 Å². The van der Waals surface area contributed by atoms with Gasteiger partial charge in [0.2, 0.25) is 11.9 Å². The molecular weight excluding hydrogens is 1070 g/mol. The van der Waals surface area contributed by atoms with Crippen molar-refractivity contribution in [2.45, 2.75) is 0 Å². The summed E-state index contributed by atoms with van der Waals surface area (Å²) >= 11 is 0. The molecule has 9 aromatic heterocycles. The SMILES string of the molecule is O=c1c2ccccc2c2c3ccccc3ccc2n1-c1cnc(-n2c3ccccc3c3cc4c(cc32)oc2ccccc24)nc1.O=c1c2cnc(-n3c4ccccc4c4cc5c(cc43)oc3ccccc35)nc2c2ncccc2n1-c1ccccc1. The van der Waals surface area contributed by atoms with E-state index < -0.39 is 0 Å². The van der Waals surface area contributed by atoms with Crippen LogP contribution in [0, 0.1) is 0 Å². The fourth-order valence-corrected chi connectivity index (χ4v) is 13.1. The van der Waals surface area contributed by atoms with E-state index in [2.05, 4.69) is 94.5 Å². The molecule has 0 aliphatic carbocycles. The van der Waals surface area contributed by atoms with Crippen molar-refractivity contribution in [1.82, 2.24) is 43.2 Å². The van der Waals surface area contributed by atoms with Gasteiger partial charge in [0.15, 0.2) is 0 Å². The molecule has 0 aliphatic heterocycles. The Morgan fingerprint density at radius 2 is 0.802 bits per heavy atom. The normalized spacial score (nSPS) is 12.0. The minimum absolute atomic E-state index is 0.103. The maximum Gasteiger partial charge on any atom is 0.266 e. The van der Waals surface area contributed by atoms with Gasteiger partial charge >= 0.3 is 0 Å². The van der Waals surface area contributed by atoms with Crippen molar-refractivity contribution in [3.8, 4) is 23.3 Å². The lowest BCUT2D eigenvalue weighted by atomic mass is 9.99. The van der Waals surface area contributed by atoms with E-state index in [9.17, 15) is 9.59 Å². The lowest BCUT2D eigenvalue weighted by Crippen LogP contribution is -2.20. The van der Waals surface area contributed by atoms with Crippen LogP contribution in [0.2, 0.25) is 0 Å². The van der Waals surface area contributed by atoms with Gasteiger partial charge in [-0.3, -0.25) is 32.8 Å². The maximum absolute atomic E-state index is 14.0. The van der Waals surface area contributed by atoms with E-state index in [1.54, 1.807) is 33.9 Å². The van der Waals surface area contributed by atoms with Crippen molar-refractivity contribution in [3.63, 3.8) is 0 Å². The van der Waals surface area contributed by atoms with Crippen molar-refractivity contribution < 1.29 is 8.83 Å². The van der Waals surface area contributed by atoms with Gasteiger partial charge in [-0.05, 0) is 89.0 Å². The molecule has 10 aromatic carbocycles. The monoisotopic (exact) mass is 1110 g/mol. The predicted molar refractivity (Wildman–Crippen MR) is 344 cm³/mol. The summed E-state index contributed by atoms with van der Waals surface area (Å²) in [5.74, 6) is 0.979. The minimum Gasteiger partial charge on any atom is -0.456 e. The van der Waals surface area contributed by atoms with Crippen molar-refractivity contribution in [2.75, 3.05) is 0 Å². The molecule has 13 nitrogen and oxygen atoms in total. The molecule has 0 radical (unpaired) electrons. The van der Waals surface area contributed by atoms with Gasteiger partial charge in [-0.1, -0.05) is 140 Å². The van der Waals surface area contributed by atoms with Crippen LogP contribution in [0.25, 0.3) is 165 Å². The maximum atomic E-state index is 14.0. The van der Waals surface area contributed by atoms with Crippen LogP contribution in [-0.4, -0.2) is 43.2 Å². The number of para-hydroxylation sites is 5. The van der Waals surface area contributed by atoms with E-state index in [4.69, 9.17) is 28.8 Å². The van der Waals surface area contributed by atoms with E-state index >= 15 is 0 Å². The lowest BCUT2D eigenvalue weighted by molar-refractivity contribution is 0.669. The highest BCUT2D eigenvalue weighted by Crippen LogP contribution is 2.41. The van der Waals surface area contributed by atoms with E-state index in [-0.39, 0.29) is 11.1 Å². The van der Waals surface area contributed by atoms with Crippen LogP contribution in [0.5, 0.6) is 0 Å². The number of nitrogens with zero attached hydrogens (tertiary/aromatic N) is 9. The summed E-state index contributed by atoms with van der Waals surface area (Å²) in [4.78, 5) is 52.0. The summed E-state index contributed by atoms with van der Waals surface area (Å²) in [6.45, 7) is 0. The number of hydrogen-bond donors (Lipinski definition) is 0. The molecule has 13 heteroatoms. The predicted octanol–water partition coefficient (Wildman–Crippen LogP) is 16.4. The standard InChI is InChI=1S/C39H22N4O2.C34H19N5O2/c44-38-29-14-4-3-13-28(29)37-25-10-2-1-9-23(25)17-18-33(37)42(38)24-21-40-39(41-22-24)43-32-15-7-5-11-26(32)30-19-31-27-12-6-8-16-35(27)45-36(31)20-34(30)43;40-33-25-19-36-34(37-31(25)32-27(14-8-16-35-32)38(33)20-9-2-1-3-10-20)39-26-13-6-4-11-21(26)23-17-24-22-12-5-7-15-29(22)41-30(24)18-28(23)39/h1-22H;1-19H. The zero-order chi connectivity index (χ0) is 56.7. The molecule has 0 saturated heterocycles. The smallest absolute Gasteiger partial charge is 0.266 e. The molecular formula is C73H41N9O4. The van der Waals surface area contributed by atoms with Gasteiger partial charge in [0, 0.05) is 84.1 Å². The molecule has 0 N–H and O–H groups in total. The molecule has 0 fully saturated rings. The molecule has 0 saturated carbocycles. The Labute approximate surface area is 484 Å². The molecule has 0 atom stereocenters. The Morgan fingerprint density at radius 3 is 1.47 bits per heavy atom. The van der Waals surface area contributed by atoms with Gasteiger partial charge in [-0.15, -0.1) is 0 Å². The molecule has 19 aromatic rings. The van der Waals surface area contributed by atoms with Crippen LogP contribution in [0.3, 0.4) is 0 Å². The number of pyridine rings is 3. The molecule has 0 unspecified atom stereocenters. The summed E-state index contributed by atoms with van der Waals surface area (Å²) in [5, 5.41) is 13.9. The number of aromatic nitrogens is 9. The van der Waals surface area contributed by atoms with Gasteiger partial charge in [0.05, 0.1) is 56.6 Å². The number of benzene rings is 10. The van der Waals surface area contributed by atoms with Crippen molar-refractivity contribution in [3.05, 3.63) is 270 Å². The Kier molecular flexibility index (Phi) is 10.1. The number of rotatable bonds is 4. The third-order valence-electron chi connectivity index (χ3n) is 16.9. The van der Waals surface area contributed by atoms with Crippen molar-refractivity contribution >= 4 is 142 Å². The Bertz CT molecular complexity index is 6210. The van der Waals surface area contributed by atoms with Crippen molar-refractivity contribution in [2.24, 2.45) is 0 Å². The zero-order valence-electron chi connectivity index (χ0n) is 45.3. The molecule has 9 heterocycles. The largest absolute Gasteiger partial charge is 0.456 e.